The zero-order valence-electron chi connectivity index (χ0n) is 11.4. The molecule has 3 rings (SSSR count). The largest absolute Gasteiger partial charge is 0.507 e. The van der Waals surface area contributed by atoms with E-state index in [-0.39, 0.29) is 23.5 Å². The first-order chi connectivity index (χ1) is 10.2. The number of aromatic nitrogens is 1. The van der Waals surface area contributed by atoms with Gasteiger partial charge in [-0.15, -0.1) is 0 Å². The van der Waals surface area contributed by atoms with E-state index in [1.807, 2.05) is 0 Å². The zero-order chi connectivity index (χ0) is 14.7. The Kier molecular flexibility index (Phi) is 3.87. The Morgan fingerprint density at radius 3 is 3.05 bits per heavy atom. The van der Waals surface area contributed by atoms with Crippen LogP contribution in [0.3, 0.4) is 0 Å². The standard InChI is InChI=1S/C15H16N2O4/c18-13-6-2-1-5-11(13)12-8-14(21-17-12)15(19)16-9-10-4-3-7-20-10/h1-2,5-6,8,10,18H,3-4,7,9H2,(H,16,19). The lowest BCUT2D eigenvalue weighted by molar-refractivity contribution is 0.0828. The molecule has 1 aliphatic rings. The predicted molar refractivity (Wildman–Crippen MR) is 74.9 cm³/mol. The highest BCUT2D eigenvalue weighted by molar-refractivity contribution is 5.92. The third-order valence-corrected chi connectivity index (χ3v) is 3.43. The number of aromatic hydroxyl groups is 1. The fraction of sp³-hybridized carbons (Fsp3) is 0.333. The Morgan fingerprint density at radius 2 is 2.29 bits per heavy atom. The van der Waals surface area contributed by atoms with Crippen molar-refractivity contribution in [2.45, 2.75) is 18.9 Å². The van der Waals surface area contributed by atoms with Gasteiger partial charge in [-0.25, -0.2) is 0 Å². The van der Waals surface area contributed by atoms with Crippen molar-refractivity contribution in [2.24, 2.45) is 0 Å². The van der Waals surface area contributed by atoms with E-state index in [0.717, 1.165) is 19.4 Å². The Balaban J connectivity index is 1.66. The summed E-state index contributed by atoms with van der Waals surface area (Å²) >= 11 is 0. The van der Waals surface area contributed by atoms with E-state index in [2.05, 4.69) is 10.5 Å². The Morgan fingerprint density at radius 1 is 1.43 bits per heavy atom. The second-order valence-corrected chi connectivity index (χ2v) is 4.94. The highest BCUT2D eigenvalue weighted by Gasteiger charge is 2.19. The van der Waals surface area contributed by atoms with Gasteiger partial charge in [0, 0.05) is 24.8 Å². The van der Waals surface area contributed by atoms with Crippen LogP contribution >= 0.6 is 0 Å². The van der Waals surface area contributed by atoms with Gasteiger partial charge in [0.05, 0.1) is 6.10 Å². The first-order valence-corrected chi connectivity index (χ1v) is 6.89. The van der Waals surface area contributed by atoms with E-state index >= 15 is 0 Å². The summed E-state index contributed by atoms with van der Waals surface area (Å²) in [5.41, 5.74) is 0.954. The molecule has 2 heterocycles. The molecule has 1 amide bonds. The number of benzene rings is 1. The van der Waals surface area contributed by atoms with Crippen LogP contribution in [0.15, 0.2) is 34.9 Å². The van der Waals surface area contributed by atoms with Crippen LogP contribution in [0.2, 0.25) is 0 Å². The molecular weight excluding hydrogens is 272 g/mol. The number of phenolic OH excluding ortho intramolecular Hbond substituents is 1. The van der Waals surface area contributed by atoms with Crippen molar-refractivity contribution in [3.8, 4) is 17.0 Å². The lowest BCUT2D eigenvalue weighted by Crippen LogP contribution is -2.31. The normalized spacial score (nSPS) is 17.8. The van der Waals surface area contributed by atoms with E-state index in [1.54, 1.807) is 24.3 Å². The van der Waals surface area contributed by atoms with E-state index in [4.69, 9.17) is 9.26 Å². The maximum absolute atomic E-state index is 12.0. The molecule has 1 atom stereocenters. The molecule has 6 heteroatoms. The third kappa shape index (κ3) is 3.05. The predicted octanol–water partition coefficient (Wildman–Crippen LogP) is 1.96. The monoisotopic (exact) mass is 288 g/mol. The molecular formula is C15H16N2O4. The number of para-hydroxylation sites is 1. The SMILES string of the molecule is O=C(NCC1CCCO1)c1cc(-c2ccccc2O)no1. The molecule has 1 unspecified atom stereocenters. The first-order valence-electron chi connectivity index (χ1n) is 6.89. The van der Waals surface area contributed by atoms with Gasteiger partial charge in [0.15, 0.2) is 0 Å². The molecule has 1 saturated heterocycles. The molecule has 1 fully saturated rings. The van der Waals surface area contributed by atoms with Crippen molar-refractivity contribution in [3.05, 3.63) is 36.1 Å². The Labute approximate surface area is 121 Å². The Bertz CT molecular complexity index is 632. The van der Waals surface area contributed by atoms with Gasteiger partial charge >= 0.3 is 0 Å². The van der Waals surface area contributed by atoms with Crippen LogP contribution in [0.1, 0.15) is 23.4 Å². The van der Waals surface area contributed by atoms with Crippen LogP contribution in [0, 0.1) is 0 Å². The van der Waals surface area contributed by atoms with Gasteiger partial charge in [0.25, 0.3) is 5.91 Å². The minimum atomic E-state index is -0.334. The number of ether oxygens (including phenoxy) is 1. The van der Waals surface area contributed by atoms with E-state index in [0.29, 0.717) is 17.8 Å². The van der Waals surface area contributed by atoms with Crippen molar-refractivity contribution in [1.29, 1.82) is 0 Å². The summed E-state index contributed by atoms with van der Waals surface area (Å²) in [6.45, 7) is 1.21. The van der Waals surface area contributed by atoms with Gasteiger partial charge < -0.3 is 19.7 Å². The van der Waals surface area contributed by atoms with Crippen molar-refractivity contribution >= 4 is 5.91 Å². The molecule has 2 aromatic rings. The minimum absolute atomic E-state index is 0.0782. The van der Waals surface area contributed by atoms with Crippen molar-refractivity contribution in [1.82, 2.24) is 10.5 Å². The lowest BCUT2D eigenvalue weighted by atomic mass is 10.1. The number of carbonyl (C=O) groups excluding carboxylic acids is 1. The topological polar surface area (TPSA) is 84.6 Å². The van der Waals surface area contributed by atoms with Gasteiger partial charge in [0.1, 0.15) is 11.4 Å². The molecule has 2 N–H and O–H groups in total. The molecule has 0 saturated carbocycles. The van der Waals surface area contributed by atoms with Crippen LogP contribution in [0.5, 0.6) is 5.75 Å². The molecule has 6 nitrogen and oxygen atoms in total. The number of carbonyl (C=O) groups is 1. The summed E-state index contributed by atoms with van der Waals surface area (Å²) in [5.74, 6) is -0.122. The summed E-state index contributed by atoms with van der Waals surface area (Å²) in [6.07, 6.45) is 2.06. The zero-order valence-corrected chi connectivity index (χ0v) is 11.4. The van der Waals surface area contributed by atoms with Crippen molar-refractivity contribution < 1.29 is 19.2 Å². The summed E-state index contributed by atoms with van der Waals surface area (Å²) in [4.78, 5) is 12.0. The maximum atomic E-state index is 12.0. The lowest BCUT2D eigenvalue weighted by Gasteiger charge is -2.08. The fourth-order valence-corrected chi connectivity index (χ4v) is 2.30. The second kappa shape index (κ2) is 5.97. The quantitative estimate of drug-likeness (QED) is 0.898. The molecule has 1 aliphatic heterocycles. The fourth-order valence-electron chi connectivity index (χ4n) is 2.30. The van der Waals surface area contributed by atoms with Gasteiger partial charge in [-0.05, 0) is 25.0 Å². The highest BCUT2D eigenvalue weighted by Crippen LogP contribution is 2.27. The van der Waals surface area contributed by atoms with Crippen molar-refractivity contribution in [2.75, 3.05) is 13.2 Å². The number of hydrogen-bond donors (Lipinski definition) is 2. The summed E-state index contributed by atoms with van der Waals surface area (Å²) < 4.78 is 10.5. The molecule has 0 bridgehead atoms. The first kappa shape index (κ1) is 13.6. The van der Waals surface area contributed by atoms with Gasteiger partial charge in [-0.2, -0.15) is 0 Å². The minimum Gasteiger partial charge on any atom is -0.507 e. The van der Waals surface area contributed by atoms with Crippen LogP contribution < -0.4 is 5.32 Å². The van der Waals surface area contributed by atoms with Crippen LogP contribution in [-0.4, -0.2) is 35.4 Å². The van der Waals surface area contributed by atoms with E-state index in [1.165, 1.54) is 6.07 Å². The molecule has 0 radical (unpaired) electrons. The molecule has 0 aliphatic carbocycles. The number of amides is 1. The maximum Gasteiger partial charge on any atom is 0.290 e. The third-order valence-electron chi connectivity index (χ3n) is 3.43. The summed E-state index contributed by atoms with van der Waals surface area (Å²) in [5, 5.41) is 16.3. The van der Waals surface area contributed by atoms with Gasteiger partial charge in [-0.3, -0.25) is 4.79 Å². The van der Waals surface area contributed by atoms with E-state index in [9.17, 15) is 9.90 Å². The summed E-state index contributed by atoms with van der Waals surface area (Å²) in [6, 6.07) is 8.28. The molecule has 21 heavy (non-hydrogen) atoms. The second-order valence-electron chi connectivity index (χ2n) is 4.94. The van der Waals surface area contributed by atoms with Gasteiger partial charge in [0.2, 0.25) is 5.76 Å². The van der Waals surface area contributed by atoms with Gasteiger partial charge in [-0.1, -0.05) is 17.3 Å². The van der Waals surface area contributed by atoms with Crippen LogP contribution in [0.4, 0.5) is 0 Å². The molecule has 0 spiro atoms. The number of nitrogens with one attached hydrogen (secondary N) is 1. The average molecular weight is 288 g/mol. The average Bonchev–Trinajstić information content (AvgIpc) is 3.17. The van der Waals surface area contributed by atoms with Crippen LogP contribution in [0.25, 0.3) is 11.3 Å². The van der Waals surface area contributed by atoms with E-state index < -0.39 is 0 Å². The molecule has 110 valence electrons. The number of phenols is 1. The smallest absolute Gasteiger partial charge is 0.290 e. The number of nitrogens with zero attached hydrogens (tertiary/aromatic N) is 1. The Hall–Kier alpha value is -2.34. The highest BCUT2D eigenvalue weighted by atomic mass is 16.5. The molecule has 1 aromatic heterocycles. The van der Waals surface area contributed by atoms with Crippen LogP contribution in [-0.2, 0) is 4.74 Å². The summed E-state index contributed by atoms with van der Waals surface area (Å²) in [7, 11) is 0. The van der Waals surface area contributed by atoms with Crippen molar-refractivity contribution in [3.63, 3.8) is 0 Å². The number of hydrogen-bond acceptors (Lipinski definition) is 5. The molecule has 1 aromatic carbocycles. The number of rotatable bonds is 4.